The van der Waals surface area contributed by atoms with E-state index < -0.39 is 30.3 Å². The zero-order valence-corrected chi connectivity index (χ0v) is 16.2. The Balaban J connectivity index is 3.00. The van der Waals surface area contributed by atoms with Crippen LogP contribution in [0.4, 0.5) is 0 Å². The lowest BCUT2D eigenvalue weighted by atomic mass is 10.1. The topological polar surface area (TPSA) is 104 Å². The van der Waals surface area contributed by atoms with E-state index >= 15 is 0 Å². The van der Waals surface area contributed by atoms with Gasteiger partial charge in [-0.1, -0.05) is 0 Å². The van der Waals surface area contributed by atoms with Crippen molar-refractivity contribution >= 4 is 85.6 Å². The number of carbonyl (C=O) groups is 3. The summed E-state index contributed by atoms with van der Waals surface area (Å²) in [6, 6.07) is 2.05. The molecule has 1 unspecified atom stereocenters. The lowest BCUT2D eigenvalue weighted by molar-refractivity contribution is -0.145. The van der Waals surface area contributed by atoms with Crippen LogP contribution in [0.2, 0.25) is 0 Å². The molecule has 0 aliphatic heterocycles. The number of hydrogen-bond acceptors (Lipinski definition) is 3. The maximum absolute atomic E-state index is 12.1. The summed E-state index contributed by atoms with van der Waals surface area (Å²) in [7, 11) is 0. The smallest absolute Gasteiger partial charge is 0.326 e. The number of carboxylic acids is 2. The molecule has 0 aromatic heterocycles. The number of aliphatic carboxylic acids is 2. The highest BCUT2D eigenvalue weighted by atomic mass is 127. The van der Waals surface area contributed by atoms with E-state index in [4.69, 9.17) is 10.2 Å². The fraction of sp³-hybridized carbons (Fsp3) is 0.182. The molecule has 1 aromatic carbocycles. The van der Waals surface area contributed by atoms with E-state index in [0.717, 1.165) is 7.14 Å². The largest absolute Gasteiger partial charge is 0.481 e. The van der Waals surface area contributed by atoms with Gasteiger partial charge in [-0.3, -0.25) is 9.59 Å². The summed E-state index contributed by atoms with van der Waals surface area (Å²) in [6.07, 6.45) is -0.668. The lowest BCUT2D eigenvalue weighted by Gasteiger charge is -2.14. The number of nitrogens with one attached hydrogen (secondary N) is 1. The van der Waals surface area contributed by atoms with E-state index in [2.05, 4.69) is 27.9 Å². The van der Waals surface area contributed by atoms with E-state index in [1.54, 1.807) is 6.07 Å². The van der Waals surface area contributed by atoms with Crippen molar-refractivity contribution in [2.24, 2.45) is 0 Å². The van der Waals surface area contributed by atoms with E-state index in [1.165, 1.54) is 0 Å². The van der Waals surface area contributed by atoms with E-state index in [9.17, 15) is 14.4 Å². The van der Waals surface area contributed by atoms with Crippen LogP contribution in [0.5, 0.6) is 0 Å². The van der Waals surface area contributed by atoms with Crippen LogP contribution >= 0.6 is 67.8 Å². The average molecular weight is 615 g/mol. The summed E-state index contributed by atoms with van der Waals surface area (Å²) < 4.78 is 2.40. The van der Waals surface area contributed by atoms with Gasteiger partial charge in [0.15, 0.2) is 0 Å². The molecule has 0 aliphatic carbocycles. The first kappa shape index (κ1) is 17.9. The maximum Gasteiger partial charge on any atom is 0.326 e. The summed E-state index contributed by atoms with van der Waals surface area (Å²) >= 11 is 6.11. The number of carboxylic acid groups (broad SMARTS) is 2. The van der Waals surface area contributed by atoms with Gasteiger partial charge in [0.25, 0.3) is 5.91 Å². The van der Waals surface area contributed by atoms with Crippen LogP contribution in [0.3, 0.4) is 0 Å². The third-order valence-corrected chi connectivity index (χ3v) is 5.89. The van der Waals surface area contributed by atoms with Gasteiger partial charge in [0.2, 0.25) is 0 Å². The molecule has 0 saturated heterocycles. The zero-order valence-electron chi connectivity index (χ0n) is 9.69. The number of halogens is 3. The minimum absolute atomic E-state index is 0.332. The Bertz CT molecular complexity index is 575. The maximum atomic E-state index is 12.1. The van der Waals surface area contributed by atoms with Gasteiger partial charge in [-0.05, 0) is 79.9 Å². The second-order valence-corrected chi connectivity index (χ2v) is 7.20. The van der Waals surface area contributed by atoms with Crippen LogP contribution in [-0.4, -0.2) is 34.1 Å². The first-order chi connectivity index (χ1) is 9.22. The second-order valence-electron chi connectivity index (χ2n) is 3.71. The zero-order chi connectivity index (χ0) is 15.4. The predicted molar refractivity (Wildman–Crippen MR) is 95.7 cm³/mol. The molecule has 20 heavy (non-hydrogen) atoms. The standard InChI is InChI=1S/C11H8I3NO5/c12-4-1-5(9(14)6(13)2-4)10(18)15-7(11(19)20)3-8(16)17/h1-2,7H,3H2,(H,15,18)(H,16,17)(H,19,20). The molecule has 0 radical (unpaired) electrons. The Morgan fingerprint density at radius 2 is 1.75 bits per heavy atom. The molecule has 9 heteroatoms. The molecule has 1 atom stereocenters. The highest BCUT2D eigenvalue weighted by Gasteiger charge is 2.25. The molecule has 1 aromatic rings. The molecule has 0 saturated carbocycles. The minimum atomic E-state index is -1.45. The van der Waals surface area contributed by atoms with Crippen molar-refractivity contribution in [3.05, 3.63) is 28.4 Å². The Hall–Kier alpha value is -0.180. The Morgan fingerprint density at radius 3 is 2.25 bits per heavy atom. The molecule has 0 spiro atoms. The average Bonchev–Trinajstić information content (AvgIpc) is 2.32. The van der Waals surface area contributed by atoms with Crippen LogP contribution < -0.4 is 5.32 Å². The molecule has 1 rings (SSSR count). The monoisotopic (exact) mass is 615 g/mol. The number of benzene rings is 1. The molecule has 6 nitrogen and oxygen atoms in total. The van der Waals surface area contributed by atoms with Crippen molar-refractivity contribution in [3.63, 3.8) is 0 Å². The number of amides is 1. The molecule has 0 aliphatic rings. The quantitative estimate of drug-likeness (QED) is 0.349. The number of rotatable bonds is 5. The summed E-state index contributed by atoms with van der Waals surface area (Å²) in [5.41, 5.74) is 0.332. The van der Waals surface area contributed by atoms with Crippen LogP contribution in [0, 0.1) is 10.7 Å². The molecular weight excluding hydrogens is 607 g/mol. The van der Waals surface area contributed by atoms with Crippen molar-refractivity contribution < 1.29 is 24.6 Å². The van der Waals surface area contributed by atoms with Crippen LogP contribution in [0.25, 0.3) is 0 Å². The van der Waals surface area contributed by atoms with Crippen LogP contribution in [0.15, 0.2) is 12.1 Å². The molecule has 3 N–H and O–H groups in total. The summed E-state index contributed by atoms with van der Waals surface area (Å²) in [6.45, 7) is 0. The van der Waals surface area contributed by atoms with E-state index in [1.807, 2.05) is 51.2 Å². The fourth-order valence-electron chi connectivity index (χ4n) is 1.33. The highest BCUT2D eigenvalue weighted by Crippen LogP contribution is 2.23. The predicted octanol–water partition coefficient (Wildman–Crippen LogP) is 2.16. The van der Waals surface area contributed by atoms with Gasteiger partial charge >= 0.3 is 11.9 Å². The minimum Gasteiger partial charge on any atom is -0.481 e. The molecular formula is C11H8I3NO5. The molecule has 1 amide bonds. The first-order valence-electron chi connectivity index (χ1n) is 5.12. The molecule has 108 valence electrons. The Morgan fingerprint density at radius 1 is 1.15 bits per heavy atom. The van der Waals surface area contributed by atoms with E-state index in [-0.39, 0.29) is 0 Å². The Kier molecular flexibility index (Phi) is 6.90. The van der Waals surface area contributed by atoms with Crippen LogP contribution in [0.1, 0.15) is 16.8 Å². The van der Waals surface area contributed by atoms with Gasteiger partial charge in [-0.2, -0.15) is 0 Å². The molecule has 0 fully saturated rings. The number of hydrogen-bond donors (Lipinski definition) is 3. The summed E-state index contributed by atoms with van der Waals surface area (Å²) in [5.74, 6) is -3.26. The third-order valence-electron chi connectivity index (χ3n) is 2.22. The van der Waals surface area contributed by atoms with Gasteiger partial charge in [0.05, 0.1) is 12.0 Å². The van der Waals surface area contributed by atoms with Crippen molar-refractivity contribution in [1.29, 1.82) is 0 Å². The van der Waals surface area contributed by atoms with Crippen LogP contribution in [-0.2, 0) is 9.59 Å². The SMILES string of the molecule is O=C(O)CC(NC(=O)c1cc(I)cc(I)c1I)C(=O)O. The van der Waals surface area contributed by atoms with Gasteiger partial charge in [0.1, 0.15) is 6.04 Å². The highest BCUT2D eigenvalue weighted by molar-refractivity contribution is 14.1. The summed E-state index contributed by atoms with van der Waals surface area (Å²) in [5, 5.41) is 19.8. The normalized spacial score (nSPS) is 11.8. The Labute approximate surface area is 155 Å². The van der Waals surface area contributed by atoms with Crippen molar-refractivity contribution in [3.8, 4) is 0 Å². The second kappa shape index (κ2) is 7.72. The lowest BCUT2D eigenvalue weighted by Crippen LogP contribution is -2.42. The van der Waals surface area contributed by atoms with Gasteiger partial charge in [-0.25, -0.2) is 4.79 Å². The van der Waals surface area contributed by atoms with Crippen molar-refractivity contribution in [2.45, 2.75) is 12.5 Å². The third kappa shape index (κ3) is 4.98. The fourth-order valence-corrected chi connectivity index (χ4v) is 3.73. The van der Waals surface area contributed by atoms with Crippen molar-refractivity contribution in [2.75, 3.05) is 0 Å². The molecule has 0 bridgehead atoms. The molecule has 0 heterocycles. The number of carbonyl (C=O) groups excluding carboxylic acids is 1. The van der Waals surface area contributed by atoms with Gasteiger partial charge in [-0.15, -0.1) is 0 Å². The van der Waals surface area contributed by atoms with Gasteiger partial charge in [0, 0.05) is 10.7 Å². The van der Waals surface area contributed by atoms with Gasteiger partial charge < -0.3 is 15.5 Å². The van der Waals surface area contributed by atoms with E-state index in [0.29, 0.717) is 9.13 Å². The first-order valence-corrected chi connectivity index (χ1v) is 8.36. The van der Waals surface area contributed by atoms with Crippen molar-refractivity contribution in [1.82, 2.24) is 5.32 Å². The summed E-state index contributed by atoms with van der Waals surface area (Å²) in [4.78, 5) is 33.6.